The van der Waals surface area contributed by atoms with Crippen molar-refractivity contribution in [1.29, 1.82) is 0 Å². The molecule has 0 aliphatic heterocycles. The van der Waals surface area contributed by atoms with Crippen molar-refractivity contribution >= 4 is 23.4 Å². The van der Waals surface area contributed by atoms with Crippen molar-refractivity contribution in [3.8, 4) is 0 Å². The summed E-state index contributed by atoms with van der Waals surface area (Å²) < 4.78 is 3.70. The summed E-state index contributed by atoms with van der Waals surface area (Å²) in [5.41, 5.74) is 0.611. The van der Waals surface area contributed by atoms with Gasteiger partial charge in [-0.3, -0.25) is 9.59 Å². The number of carboxylic acid groups (broad SMARTS) is 1. The summed E-state index contributed by atoms with van der Waals surface area (Å²) in [6, 6.07) is -0.0508. The number of hydrogen-bond acceptors (Lipinski definition) is 5. The maximum Gasteiger partial charge on any atom is 0.306 e. The van der Waals surface area contributed by atoms with Crippen molar-refractivity contribution in [1.82, 2.24) is 14.9 Å². The van der Waals surface area contributed by atoms with Crippen LogP contribution in [0.5, 0.6) is 0 Å². The Balaban J connectivity index is 1.93. The minimum absolute atomic E-state index is 0.0508. The van der Waals surface area contributed by atoms with Gasteiger partial charge >= 0.3 is 5.97 Å². The first-order valence-corrected chi connectivity index (χ1v) is 6.18. The van der Waals surface area contributed by atoms with Crippen LogP contribution in [-0.4, -0.2) is 32.6 Å². The normalized spacial score (nSPS) is 23.6. The van der Waals surface area contributed by atoms with Gasteiger partial charge in [0.05, 0.1) is 11.6 Å². The lowest BCUT2D eigenvalue weighted by Gasteiger charge is -2.11. The third-order valence-electron chi connectivity index (χ3n) is 2.97. The van der Waals surface area contributed by atoms with E-state index in [1.807, 2.05) is 0 Å². The molecule has 1 aromatic heterocycles. The van der Waals surface area contributed by atoms with Gasteiger partial charge in [-0.15, -0.1) is 5.10 Å². The van der Waals surface area contributed by atoms with Crippen molar-refractivity contribution < 1.29 is 14.7 Å². The lowest BCUT2D eigenvalue weighted by Crippen LogP contribution is -2.33. The lowest BCUT2D eigenvalue weighted by atomic mass is 10.1. The first-order valence-electron chi connectivity index (χ1n) is 5.40. The van der Waals surface area contributed by atoms with E-state index in [1.54, 1.807) is 6.92 Å². The molecule has 0 saturated heterocycles. The van der Waals surface area contributed by atoms with Gasteiger partial charge in [-0.25, -0.2) is 0 Å². The molecule has 0 bridgehead atoms. The highest BCUT2D eigenvalue weighted by Crippen LogP contribution is 2.26. The first kappa shape index (κ1) is 12.0. The Hall–Kier alpha value is -1.50. The average molecular weight is 255 g/mol. The fourth-order valence-corrected chi connectivity index (χ4v) is 2.59. The molecular weight excluding hydrogens is 242 g/mol. The zero-order valence-electron chi connectivity index (χ0n) is 9.34. The lowest BCUT2D eigenvalue weighted by molar-refractivity contribution is -0.141. The van der Waals surface area contributed by atoms with Crippen molar-refractivity contribution in [2.24, 2.45) is 5.92 Å². The van der Waals surface area contributed by atoms with Gasteiger partial charge in [0.15, 0.2) is 0 Å². The average Bonchev–Trinajstić information content (AvgIpc) is 2.86. The summed E-state index contributed by atoms with van der Waals surface area (Å²) in [7, 11) is 0. The zero-order valence-corrected chi connectivity index (χ0v) is 10.2. The van der Waals surface area contributed by atoms with Crippen molar-refractivity contribution in [2.75, 3.05) is 0 Å². The van der Waals surface area contributed by atoms with Crippen molar-refractivity contribution in [3.05, 3.63) is 10.6 Å². The Morgan fingerprint density at radius 3 is 2.76 bits per heavy atom. The second-order valence-corrected chi connectivity index (χ2v) is 4.96. The van der Waals surface area contributed by atoms with Crippen LogP contribution in [0.15, 0.2) is 0 Å². The molecule has 0 aromatic carbocycles. The van der Waals surface area contributed by atoms with E-state index < -0.39 is 5.97 Å². The molecule has 1 aromatic rings. The molecule has 92 valence electrons. The van der Waals surface area contributed by atoms with E-state index >= 15 is 0 Å². The molecule has 1 aliphatic carbocycles. The molecule has 6 nitrogen and oxygen atoms in total. The molecule has 7 heteroatoms. The van der Waals surface area contributed by atoms with Crippen LogP contribution in [0, 0.1) is 12.8 Å². The maximum absolute atomic E-state index is 11.8. The van der Waals surface area contributed by atoms with Gasteiger partial charge in [0.2, 0.25) is 0 Å². The number of amides is 1. The molecule has 1 heterocycles. The third-order valence-corrected chi connectivity index (χ3v) is 3.80. The minimum Gasteiger partial charge on any atom is -0.481 e. The third kappa shape index (κ3) is 2.60. The Morgan fingerprint density at radius 1 is 1.47 bits per heavy atom. The predicted molar refractivity (Wildman–Crippen MR) is 60.9 cm³/mol. The summed E-state index contributed by atoms with van der Waals surface area (Å²) in [6.07, 6.45) is 1.85. The predicted octanol–water partition coefficient (Wildman–Crippen LogP) is 0.830. The second kappa shape index (κ2) is 4.79. The summed E-state index contributed by atoms with van der Waals surface area (Å²) in [5.74, 6) is -1.31. The quantitative estimate of drug-likeness (QED) is 0.834. The molecule has 0 spiro atoms. The minimum atomic E-state index is -0.780. The van der Waals surface area contributed by atoms with E-state index in [2.05, 4.69) is 14.9 Å². The fourth-order valence-electron chi connectivity index (χ4n) is 2.03. The van der Waals surface area contributed by atoms with Gasteiger partial charge < -0.3 is 10.4 Å². The standard InChI is InChI=1S/C10H13N3O3S/c1-5-8(17-13-12-5)9(14)11-7-3-2-6(4-7)10(15)16/h6-7H,2-4H2,1H3,(H,11,14)(H,15,16)/t6-,7+/m0/s1. The monoisotopic (exact) mass is 255 g/mol. The highest BCUT2D eigenvalue weighted by molar-refractivity contribution is 7.08. The van der Waals surface area contributed by atoms with Gasteiger partial charge in [0.1, 0.15) is 4.88 Å². The molecule has 2 atom stereocenters. The molecule has 0 radical (unpaired) electrons. The summed E-state index contributed by atoms with van der Waals surface area (Å²) >= 11 is 1.06. The molecule has 1 amide bonds. The smallest absolute Gasteiger partial charge is 0.306 e. The van der Waals surface area contributed by atoms with Gasteiger partial charge in [-0.05, 0) is 37.7 Å². The van der Waals surface area contributed by atoms with Crippen LogP contribution < -0.4 is 5.32 Å². The van der Waals surface area contributed by atoms with E-state index in [4.69, 9.17) is 5.11 Å². The summed E-state index contributed by atoms with van der Waals surface area (Å²) in [6.45, 7) is 1.73. The van der Waals surface area contributed by atoms with Crippen molar-refractivity contribution in [3.63, 3.8) is 0 Å². The zero-order chi connectivity index (χ0) is 12.4. The largest absolute Gasteiger partial charge is 0.481 e. The van der Waals surface area contributed by atoms with E-state index in [-0.39, 0.29) is 17.9 Å². The van der Waals surface area contributed by atoms with E-state index in [0.29, 0.717) is 29.8 Å². The van der Waals surface area contributed by atoms with Gasteiger partial charge in [0.25, 0.3) is 5.91 Å². The number of hydrogen-bond donors (Lipinski definition) is 2. The van der Waals surface area contributed by atoms with Gasteiger partial charge in [-0.2, -0.15) is 0 Å². The van der Waals surface area contributed by atoms with Crippen LogP contribution in [0.2, 0.25) is 0 Å². The van der Waals surface area contributed by atoms with E-state index in [0.717, 1.165) is 11.5 Å². The number of nitrogens with one attached hydrogen (secondary N) is 1. The van der Waals surface area contributed by atoms with Crippen LogP contribution in [0.25, 0.3) is 0 Å². The molecule has 1 saturated carbocycles. The number of carbonyl (C=O) groups excluding carboxylic acids is 1. The highest BCUT2D eigenvalue weighted by Gasteiger charge is 2.31. The summed E-state index contributed by atoms with van der Waals surface area (Å²) in [4.78, 5) is 23.1. The second-order valence-electron chi connectivity index (χ2n) is 4.21. The number of aryl methyl sites for hydroxylation is 1. The Kier molecular flexibility index (Phi) is 3.37. The molecule has 2 rings (SSSR count). The number of carbonyl (C=O) groups is 2. The number of aromatic nitrogens is 2. The molecule has 1 aliphatic rings. The van der Waals surface area contributed by atoms with Crippen LogP contribution >= 0.6 is 11.5 Å². The van der Waals surface area contributed by atoms with Gasteiger partial charge in [-0.1, -0.05) is 4.49 Å². The highest BCUT2D eigenvalue weighted by atomic mass is 32.1. The van der Waals surface area contributed by atoms with Crippen molar-refractivity contribution in [2.45, 2.75) is 32.2 Å². The fraction of sp³-hybridized carbons (Fsp3) is 0.600. The topological polar surface area (TPSA) is 92.2 Å². The number of carboxylic acids is 1. The van der Waals surface area contributed by atoms with E-state index in [9.17, 15) is 9.59 Å². The van der Waals surface area contributed by atoms with Crippen LogP contribution in [0.1, 0.15) is 34.6 Å². The van der Waals surface area contributed by atoms with Crippen LogP contribution in [0.4, 0.5) is 0 Å². The Morgan fingerprint density at radius 2 is 2.24 bits per heavy atom. The number of rotatable bonds is 3. The Bertz CT molecular complexity index is 446. The number of nitrogens with zero attached hydrogens (tertiary/aromatic N) is 2. The molecule has 0 unspecified atom stereocenters. The summed E-state index contributed by atoms with van der Waals surface area (Å²) in [5, 5.41) is 15.5. The van der Waals surface area contributed by atoms with Gasteiger partial charge in [0, 0.05) is 6.04 Å². The molecular formula is C10H13N3O3S. The Labute approximate surface area is 102 Å². The number of aliphatic carboxylic acids is 1. The first-order chi connectivity index (χ1) is 8.08. The SMILES string of the molecule is Cc1nnsc1C(=O)N[C@@H]1CC[C@H](C(=O)O)C1. The van der Waals surface area contributed by atoms with Crippen LogP contribution in [-0.2, 0) is 4.79 Å². The molecule has 2 N–H and O–H groups in total. The van der Waals surface area contributed by atoms with Crippen LogP contribution in [0.3, 0.4) is 0 Å². The maximum atomic E-state index is 11.8. The van der Waals surface area contributed by atoms with E-state index in [1.165, 1.54) is 0 Å². The molecule has 1 fully saturated rings. The molecule has 17 heavy (non-hydrogen) atoms.